The lowest BCUT2D eigenvalue weighted by molar-refractivity contribution is -0.140. The highest BCUT2D eigenvalue weighted by atomic mass is 16.5. The number of Topliss-reactive ketones (excluding diaryl/α,β-unsaturated/α-hetero) is 1. The number of rotatable bonds is 6. The minimum atomic E-state index is -0.284. The third-order valence-corrected chi connectivity index (χ3v) is 3.34. The van der Waals surface area contributed by atoms with Gasteiger partial charge in [-0.3, -0.25) is 9.59 Å². The Kier molecular flexibility index (Phi) is 5.94. The molecule has 0 heterocycles. The van der Waals surface area contributed by atoms with E-state index < -0.39 is 0 Å². The molecule has 0 amide bonds. The summed E-state index contributed by atoms with van der Waals surface area (Å²) >= 11 is 0. The van der Waals surface area contributed by atoms with Gasteiger partial charge in [0.05, 0.1) is 14.2 Å². The molecule has 4 heteroatoms. The molecule has 0 saturated carbocycles. The Bertz CT molecular complexity index is 512. The summed E-state index contributed by atoms with van der Waals surface area (Å²) in [5.41, 5.74) is 1.56. The lowest BCUT2D eigenvalue weighted by Crippen LogP contribution is -2.14. The van der Waals surface area contributed by atoms with Crippen LogP contribution in [0, 0.1) is 0 Å². The van der Waals surface area contributed by atoms with Gasteiger partial charge in [-0.25, -0.2) is 0 Å². The van der Waals surface area contributed by atoms with Gasteiger partial charge in [-0.1, -0.05) is 20.8 Å². The first-order valence-electron chi connectivity index (χ1n) is 7.08. The Morgan fingerprint density at radius 1 is 1.10 bits per heavy atom. The van der Waals surface area contributed by atoms with Crippen molar-refractivity contribution in [2.45, 2.75) is 45.4 Å². The summed E-state index contributed by atoms with van der Waals surface area (Å²) in [5.74, 6) is 0.536. The van der Waals surface area contributed by atoms with Gasteiger partial charge in [-0.2, -0.15) is 0 Å². The molecule has 0 fully saturated rings. The van der Waals surface area contributed by atoms with E-state index in [1.165, 1.54) is 7.11 Å². The van der Waals surface area contributed by atoms with Crippen molar-refractivity contribution in [1.82, 2.24) is 0 Å². The number of hydrogen-bond donors (Lipinski definition) is 0. The Morgan fingerprint density at radius 2 is 1.76 bits per heavy atom. The zero-order valence-corrected chi connectivity index (χ0v) is 13.5. The van der Waals surface area contributed by atoms with E-state index in [1.54, 1.807) is 13.2 Å². The molecule has 0 N–H and O–H groups in total. The molecule has 0 bridgehead atoms. The monoisotopic (exact) mass is 292 g/mol. The molecule has 0 aliphatic carbocycles. The van der Waals surface area contributed by atoms with Gasteiger partial charge < -0.3 is 9.47 Å². The summed E-state index contributed by atoms with van der Waals surface area (Å²) in [6, 6.07) is 5.49. The first-order chi connectivity index (χ1) is 9.79. The van der Waals surface area contributed by atoms with Crippen molar-refractivity contribution in [1.29, 1.82) is 0 Å². The normalized spacial score (nSPS) is 11.1. The summed E-state index contributed by atoms with van der Waals surface area (Å²) in [5, 5.41) is 0. The largest absolute Gasteiger partial charge is 0.496 e. The number of carbonyl (C=O) groups is 2. The Hall–Kier alpha value is -1.84. The first-order valence-corrected chi connectivity index (χ1v) is 7.08. The van der Waals surface area contributed by atoms with Gasteiger partial charge in [0.2, 0.25) is 0 Å². The summed E-state index contributed by atoms with van der Waals surface area (Å²) in [4.78, 5) is 23.2. The van der Waals surface area contributed by atoms with Crippen LogP contribution in [-0.2, 0) is 14.9 Å². The summed E-state index contributed by atoms with van der Waals surface area (Å²) < 4.78 is 9.93. The molecule has 1 aromatic carbocycles. The molecular formula is C17H24O4. The topological polar surface area (TPSA) is 52.6 Å². The molecule has 4 nitrogen and oxygen atoms in total. The van der Waals surface area contributed by atoms with Gasteiger partial charge in [0, 0.05) is 24.0 Å². The molecule has 0 spiro atoms. The third kappa shape index (κ3) is 4.88. The lowest BCUT2D eigenvalue weighted by atomic mass is 9.84. The molecule has 1 rings (SSSR count). The first kappa shape index (κ1) is 17.2. The maximum Gasteiger partial charge on any atom is 0.305 e. The molecule has 0 aliphatic rings. The number of carbonyl (C=O) groups excluding carboxylic acids is 2. The van der Waals surface area contributed by atoms with E-state index in [4.69, 9.17) is 4.74 Å². The van der Waals surface area contributed by atoms with Gasteiger partial charge >= 0.3 is 5.97 Å². The molecule has 1 aromatic rings. The molecule has 0 aromatic heterocycles. The summed E-state index contributed by atoms with van der Waals surface area (Å²) in [6.07, 6.45) is 1.11. The molecule has 0 unspecified atom stereocenters. The van der Waals surface area contributed by atoms with Crippen LogP contribution in [0.4, 0.5) is 0 Å². The average molecular weight is 292 g/mol. The Morgan fingerprint density at radius 3 is 2.29 bits per heavy atom. The van der Waals surface area contributed by atoms with E-state index in [1.807, 2.05) is 12.1 Å². The SMILES string of the molecule is COC(=O)CCCC(=O)c1ccc(OC)c(C(C)(C)C)c1. The van der Waals surface area contributed by atoms with Gasteiger partial charge in [-0.15, -0.1) is 0 Å². The van der Waals surface area contributed by atoms with Crippen LogP contribution in [0.15, 0.2) is 18.2 Å². The van der Waals surface area contributed by atoms with Crippen molar-refractivity contribution < 1.29 is 19.1 Å². The fourth-order valence-electron chi connectivity index (χ4n) is 2.11. The zero-order chi connectivity index (χ0) is 16.0. The van der Waals surface area contributed by atoms with Gasteiger partial charge in [0.15, 0.2) is 5.78 Å². The maximum atomic E-state index is 12.2. The van der Waals surface area contributed by atoms with Crippen molar-refractivity contribution >= 4 is 11.8 Å². The lowest BCUT2D eigenvalue weighted by Gasteiger charge is -2.22. The van der Waals surface area contributed by atoms with Crippen LogP contribution < -0.4 is 4.74 Å². The quantitative estimate of drug-likeness (QED) is 0.594. The summed E-state index contributed by atoms with van der Waals surface area (Å²) in [7, 11) is 2.98. The van der Waals surface area contributed by atoms with E-state index in [9.17, 15) is 9.59 Å². The van der Waals surface area contributed by atoms with Crippen molar-refractivity contribution in [3.63, 3.8) is 0 Å². The minimum absolute atomic E-state index is 0.0343. The highest BCUT2D eigenvalue weighted by molar-refractivity contribution is 5.96. The number of benzene rings is 1. The second kappa shape index (κ2) is 7.25. The highest BCUT2D eigenvalue weighted by Crippen LogP contribution is 2.32. The molecule has 0 radical (unpaired) electrons. The van der Waals surface area contributed by atoms with E-state index >= 15 is 0 Å². The standard InChI is InChI=1S/C17H24O4/c1-17(2,3)13-11-12(9-10-15(13)20-4)14(18)7-6-8-16(19)21-5/h9-11H,6-8H2,1-5H3. The molecule has 0 aliphatic heterocycles. The average Bonchev–Trinajstić information content (AvgIpc) is 2.45. The minimum Gasteiger partial charge on any atom is -0.496 e. The van der Waals surface area contributed by atoms with Gasteiger partial charge in [-0.05, 0) is 30.0 Å². The highest BCUT2D eigenvalue weighted by Gasteiger charge is 2.20. The molecule has 0 saturated heterocycles. The van der Waals surface area contributed by atoms with Crippen molar-refractivity contribution in [3.05, 3.63) is 29.3 Å². The molecular weight excluding hydrogens is 268 g/mol. The predicted molar refractivity (Wildman–Crippen MR) is 81.9 cm³/mol. The second-order valence-electron chi connectivity index (χ2n) is 6.02. The predicted octanol–water partition coefficient (Wildman–Crippen LogP) is 3.52. The molecule has 116 valence electrons. The third-order valence-electron chi connectivity index (χ3n) is 3.34. The van der Waals surface area contributed by atoms with E-state index in [2.05, 4.69) is 25.5 Å². The van der Waals surface area contributed by atoms with Crippen molar-refractivity contribution in [3.8, 4) is 5.75 Å². The number of hydrogen-bond acceptors (Lipinski definition) is 4. The maximum absolute atomic E-state index is 12.2. The van der Waals surface area contributed by atoms with Crippen LogP contribution >= 0.6 is 0 Å². The van der Waals surface area contributed by atoms with Crippen LogP contribution in [0.2, 0.25) is 0 Å². The number of ketones is 1. The smallest absolute Gasteiger partial charge is 0.305 e. The van der Waals surface area contributed by atoms with E-state index in [-0.39, 0.29) is 23.6 Å². The molecule has 0 atom stereocenters. The van der Waals surface area contributed by atoms with Crippen molar-refractivity contribution in [2.24, 2.45) is 0 Å². The second-order valence-corrected chi connectivity index (χ2v) is 6.02. The zero-order valence-electron chi connectivity index (χ0n) is 13.5. The van der Waals surface area contributed by atoms with E-state index in [0.717, 1.165) is 11.3 Å². The van der Waals surface area contributed by atoms with E-state index in [0.29, 0.717) is 18.4 Å². The molecule has 21 heavy (non-hydrogen) atoms. The number of ether oxygens (including phenoxy) is 2. The van der Waals surface area contributed by atoms with Crippen LogP contribution in [-0.4, -0.2) is 26.0 Å². The van der Waals surface area contributed by atoms with Crippen LogP contribution in [0.1, 0.15) is 56.0 Å². The van der Waals surface area contributed by atoms with Crippen molar-refractivity contribution in [2.75, 3.05) is 14.2 Å². The van der Waals surface area contributed by atoms with Crippen LogP contribution in [0.25, 0.3) is 0 Å². The summed E-state index contributed by atoms with van der Waals surface area (Å²) in [6.45, 7) is 6.24. The Balaban J connectivity index is 2.84. The number of esters is 1. The van der Waals surface area contributed by atoms with Gasteiger partial charge in [0.25, 0.3) is 0 Å². The fourth-order valence-corrected chi connectivity index (χ4v) is 2.11. The van der Waals surface area contributed by atoms with Crippen LogP contribution in [0.5, 0.6) is 5.75 Å². The van der Waals surface area contributed by atoms with Crippen LogP contribution in [0.3, 0.4) is 0 Å². The Labute approximate surface area is 126 Å². The fraction of sp³-hybridized carbons (Fsp3) is 0.529. The number of methoxy groups -OCH3 is 2. The van der Waals surface area contributed by atoms with Gasteiger partial charge in [0.1, 0.15) is 5.75 Å².